The normalized spacial score (nSPS) is 12.2. The van der Waals surface area contributed by atoms with Crippen LogP contribution in [0.4, 0.5) is 10.1 Å². The van der Waals surface area contributed by atoms with Crippen LogP contribution in [0.3, 0.4) is 0 Å². The molecule has 18 heavy (non-hydrogen) atoms. The Morgan fingerprint density at radius 2 is 2.28 bits per heavy atom. The summed E-state index contributed by atoms with van der Waals surface area (Å²) in [5, 5.41) is 9.41. The Kier molecular flexibility index (Phi) is 5.82. The number of aliphatic hydroxyl groups is 1. The fraction of sp³-hybridized carbons (Fsp3) is 0.429. The number of aliphatic hydroxyl groups excluding tert-OH is 1. The average Bonchev–Trinajstić information content (AvgIpc) is 2.34. The summed E-state index contributed by atoms with van der Waals surface area (Å²) < 4.78 is 19.0. The van der Waals surface area contributed by atoms with Gasteiger partial charge < -0.3 is 14.7 Å². The van der Waals surface area contributed by atoms with Crippen molar-refractivity contribution >= 4 is 5.69 Å². The zero-order chi connectivity index (χ0) is 13.5. The van der Waals surface area contributed by atoms with E-state index in [4.69, 9.17) is 4.74 Å². The van der Waals surface area contributed by atoms with Crippen molar-refractivity contribution in [2.75, 3.05) is 31.7 Å². The highest BCUT2D eigenvalue weighted by atomic mass is 19.1. The second-order valence-electron chi connectivity index (χ2n) is 4.11. The van der Waals surface area contributed by atoms with Gasteiger partial charge >= 0.3 is 0 Å². The van der Waals surface area contributed by atoms with Gasteiger partial charge in [0.05, 0.1) is 18.4 Å². The lowest BCUT2D eigenvalue weighted by molar-refractivity contribution is 0.198. The van der Waals surface area contributed by atoms with Gasteiger partial charge in [-0.15, -0.1) is 6.58 Å². The van der Waals surface area contributed by atoms with Gasteiger partial charge in [-0.3, -0.25) is 0 Å². The van der Waals surface area contributed by atoms with Crippen LogP contribution in [0.15, 0.2) is 30.9 Å². The third-order valence-corrected chi connectivity index (χ3v) is 2.71. The monoisotopic (exact) mass is 253 g/mol. The quantitative estimate of drug-likeness (QED) is 0.758. The van der Waals surface area contributed by atoms with Gasteiger partial charge in [0.15, 0.2) is 0 Å². The van der Waals surface area contributed by atoms with E-state index in [1.807, 2.05) is 4.90 Å². The van der Waals surface area contributed by atoms with E-state index in [9.17, 15) is 9.50 Å². The van der Waals surface area contributed by atoms with Crippen LogP contribution in [-0.4, -0.2) is 31.9 Å². The summed E-state index contributed by atoms with van der Waals surface area (Å²) in [5.41, 5.74) is 1.07. The molecule has 0 spiro atoms. The minimum atomic E-state index is -0.666. The van der Waals surface area contributed by atoms with E-state index in [0.29, 0.717) is 30.9 Å². The van der Waals surface area contributed by atoms with E-state index in [1.165, 1.54) is 6.07 Å². The SMILES string of the molecule is C=CCN(CCOC)c1ccc([C@H](C)O)cc1F. The third kappa shape index (κ3) is 3.82. The molecule has 0 aliphatic carbocycles. The summed E-state index contributed by atoms with van der Waals surface area (Å²) in [5.74, 6) is -0.341. The summed E-state index contributed by atoms with van der Waals surface area (Å²) in [4.78, 5) is 1.84. The lowest BCUT2D eigenvalue weighted by atomic mass is 10.1. The van der Waals surface area contributed by atoms with Crippen molar-refractivity contribution in [3.05, 3.63) is 42.2 Å². The molecule has 0 unspecified atom stereocenters. The molecule has 0 aromatic heterocycles. The zero-order valence-corrected chi connectivity index (χ0v) is 10.9. The highest BCUT2D eigenvalue weighted by molar-refractivity contribution is 5.50. The van der Waals surface area contributed by atoms with Crippen LogP contribution in [0, 0.1) is 5.82 Å². The van der Waals surface area contributed by atoms with Crippen molar-refractivity contribution in [1.29, 1.82) is 0 Å². The maximum atomic E-state index is 14.0. The van der Waals surface area contributed by atoms with Gasteiger partial charge in [0.1, 0.15) is 5.82 Å². The molecule has 4 heteroatoms. The van der Waals surface area contributed by atoms with E-state index in [-0.39, 0.29) is 5.82 Å². The van der Waals surface area contributed by atoms with Crippen LogP contribution >= 0.6 is 0 Å². The van der Waals surface area contributed by atoms with Gasteiger partial charge in [-0.05, 0) is 24.6 Å². The maximum absolute atomic E-state index is 14.0. The highest BCUT2D eigenvalue weighted by Gasteiger charge is 2.12. The molecular formula is C14H20FNO2. The lowest BCUT2D eigenvalue weighted by Gasteiger charge is -2.24. The number of anilines is 1. The Morgan fingerprint density at radius 3 is 2.78 bits per heavy atom. The first kappa shape index (κ1) is 14.7. The molecule has 0 heterocycles. The first-order valence-corrected chi connectivity index (χ1v) is 5.92. The fourth-order valence-electron chi connectivity index (χ4n) is 1.71. The number of methoxy groups -OCH3 is 1. The van der Waals surface area contributed by atoms with Crippen molar-refractivity contribution in [1.82, 2.24) is 0 Å². The van der Waals surface area contributed by atoms with Gasteiger partial charge in [0.25, 0.3) is 0 Å². The van der Waals surface area contributed by atoms with Crippen LogP contribution in [-0.2, 0) is 4.74 Å². The Labute approximate surface area is 107 Å². The zero-order valence-electron chi connectivity index (χ0n) is 10.9. The minimum absolute atomic E-state index is 0.341. The largest absolute Gasteiger partial charge is 0.389 e. The average molecular weight is 253 g/mol. The molecule has 1 atom stereocenters. The first-order chi connectivity index (χ1) is 8.60. The van der Waals surface area contributed by atoms with Gasteiger partial charge in [0.2, 0.25) is 0 Å². The van der Waals surface area contributed by atoms with Gasteiger partial charge in [-0.25, -0.2) is 4.39 Å². The predicted octanol–water partition coefficient (Wildman–Crippen LogP) is 2.52. The second-order valence-corrected chi connectivity index (χ2v) is 4.11. The molecule has 0 fully saturated rings. The summed E-state index contributed by atoms with van der Waals surface area (Å²) in [6, 6.07) is 4.77. The van der Waals surface area contributed by atoms with Crippen molar-refractivity contribution in [2.45, 2.75) is 13.0 Å². The molecule has 1 aromatic rings. The summed E-state index contributed by atoms with van der Waals surface area (Å²) in [6.45, 7) is 6.94. The summed E-state index contributed by atoms with van der Waals surface area (Å²) in [6.07, 6.45) is 1.05. The van der Waals surface area contributed by atoms with Crippen LogP contribution in [0.25, 0.3) is 0 Å². The lowest BCUT2D eigenvalue weighted by Crippen LogP contribution is -2.28. The Bertz CT molecular complexity index is 393. The van der Waals surface area contributed by atoms with Crippen LogP contribution in [0.5, 0.6) is 0 Å². The van der Waals surface area contributed by atoms with Gasteiger partial charge in [-0.2, -0.15) is 0 Å². The topological polar surface area (TPSA) is 32.7 Å². The second kappa shape index (κ2) is 7.13. The van der Waals surface area contributed by atoms with E-state index in [1.54, 1.807) is 32.2 Å². The number of nitrogens with zero attached hydrogens (tertiary/aromatic N) is 1. The number of halogens is 1. The number of hydrogen-bond acceptors (Lipinski definition) is 3. The van der Waals surface area contributed by atoms with Crippen molar-refractivity contribution in [3.8, 4) is 0 Å². The molecule has 0 saturated carbocycles. The van der Waals surface area contributed by atoms with Crippen LogP contribution < -0.4 is 4.90 Å². The Hall–Kier alpha value is -1.39. The number of hydrogen-bond donors (Lipinski definition) is 1. The highest BCUT2D eigenvalue weighted by Crippen LogP contribution is 2.23. The minimum Gasteiger partial charge on any atom is -0.389 e. The van der Waals surface area contributed by atoms with Crippen molar-refractivity contribution < 1.29 is 14.2 Å². The Morgan fingerprint density at radius 1 is 1.56 bits per heavy atom. The summed E-state index contributed by atoms with van der Waals surface area (Å²) in [7, 11) is 1.61. The Balaban J connectivity index is 2.93. The number of rotatable bonds is 7. The fourth-order valence-corrected chi connectivity index (χ4v) is 1.71. The molecule has 0 bridgehead atoms. The molecule has 0 aliphatic rings. The van der Waals surface area contributed by atoms with Crippen LogP contribution in [0.1, 0.15) is 18.6 Å². The van der Waals surface area contributed by atoms with E-state index in [0.717, 1.165) is 0 Å². The van der Waals surface area contributed by atoms with E-state index in [2.05, 4.69) is 6.58 Å². The van der Waals surface area contributed by atoms with E-state index >= 15 is 0 Å². The standard InChI is InChI=1S/C14H20FNO2/c1-4-7-16(8-9-18-3)14-6-5-12(11(2)17)10-13(14)15/h4-6,10-11,17H,1,7-9H2,2-3H3/t11-/m0/s1. The number of benzene rings is 1. The maximum Gasteiger partial charge on any atom is 0.146 e. The molecule has 0 radical (unpaired) electrons. The predicted molar refractivity (Wildman–Crippen MR) is 71.3 cm³/mol. The van der Waals surface area contributed by atoms with Gasteiger partial charge in [-0.1, -0.05) is 12.1 Å². The van der Waals surface area contributed by atoms with Gasteiger partial charge in [0, 0.05) is 20.2 Å². The summed E-state index contributed by atoms with van der Waals surface area (Å²) >= 11 is 0. The molecule has 0 amide bonds. The number of ether oxygens (including phenoxy) is 1. The molecule has 3 nitrogen and oxygen atoms in total. The molecule has 0 saturated heterocycles. The first-order valence-electron chi connectivity index (χ1n) is 5.92. The molecule has 0 aliphatic heterocycles. The molecule has 100 valence electrons. The van der Waals surface area contributed by atoms with E-state index < -0.39 is 6.10 Å². The molecule has 1 aromatic carbocycles. The smallest absolute Gasteiger partial charge is 0.146 e. The third-order valence-electron chi connectivity index (χ3n) is 2.71. The van der Waals surface area contributed by atoms with Crippen molar-refractivity contribution in [3.63, 3.8) is 0 Å². The van der Waals surface area contributed by atoms with Crippen molar-refractivity contribution in [2.24, 2.45) is 0 Å². The molecular weight excluding hydrogens is 233 g/mol. The van der Waals surface area contributed by atoms with Crippen LogP contribution in [0.2, 0.25) is 0 Å². The molecule has 1 N–H and O–H groups in total. The molecule has 1 rings (SSSR count).